The number of aromatic nitrogens is 3. The van der Waals surface area contributed by atoms with Gasteiger partial charge >= 0.3 is 0 Å². The van der Waals surface area contributed by atoms with E-state index in [2.05, 4.69) is 40.0 Å². The van der Waals surface area contributed by atoms with E-state index >= 15 is 0 Å². The third-order valence-electron chi connectivity index (χ3n) is 4.24. The second-order valence-corrected chi connectivity index (χ2v) is 5.65. The lowest BCUT2D eigenvalue weighted by molar-refractivity contribution is 0.922. The van der Waals surface area contributed by atoms with Crippen molar-refractivity contribution in [3.8, 4) is 11.1 Å². The number of fused-ring (bicyclic) bond motifs is 1. The van der Waals surface area contributed by atoms with Crippen LogP contribution in [-0.2, 0) is 0 Å². The molecule has 0 radical (unpaired) electrons. The number of anilines is 1. The summed E-state index contributed by atoms with van der Waals surface area (Å²) in [5, 5.41) is 0. The first-order valence-electron chi connectivity index (χ1n) is 7.47. The third-order valence-corrected chi connectivity index (χ3v) is 4.24. The van der Waals surface area contributed by atoms with Crippen molar-refractivity contribution in [2.75, 3.05) is 18.0 Å². The Labute approximate surface area is 123 Å². The summed E-state index contributed by atoms with van der Waals surface area (Å²) in [4.78, 5) is 14.9. The number of hydrogen-bond acceptors (Lipinski definition) is 3. The second kappa shape index (κ2) is 4.88. The second-order valence-electron chi connectivity index (χ2n) is 5.65. The molecule has 0 saturated carbocycles. The number of benzene rings is 1. The van der Waals surface area contributed by atoms with E-state index in [0.29, 0.717) is 0 Å². The van der Waals surface area contributed by atoms with E-state index in [1.807, 2.05) is 18.5 Å². The van der Waals surface area contributed by atoms with Crippen LogP contribution in [-0.4, -0.2) is 28.0 Å². The van der Waals surface area contributed by atoms with Crippen molar-refractivity contribution < 1.29 is 0 Å². The molecular formula is C17H18N4. The largest absolute Gasteiger partial charge is 0.342 e. The molecule has 4 rings (SSSR count). The maximum Gasteiger partial charge on any atom is 0.203 e. The quantitative estimate of drug-likeness (QED) is 0.780. The minimum absolute atomic E-state index is 0.997. The molecule has 1 saturated heterocycles. The van der Waals surface area contributed by atoms with E-state index in [1.54, 1.807) is 0 Å². The Balaban J connectivity index is 1.88. The van der Waals surface area contributed by atoms with Crippen LogP contribution in [0.2, 0.25) is 0 Å². The predicted molar refractivity (Wildman–Crippen MR) is 85.5 cm³/mol. The molecule has 4 nitrogen and oxygen atoms in total. The van der Waals surface area contributed by atoms with Crippen LogP contribution in [0.4, 0.5) is 5.95 Å². The number of H-pyrrole nitrogens is 1. The minimum Gasteiger partial charge on any atom is -0.342 e. The molecule has 1 fully saturated rings. The van der Waals surface area contributed by atoms with E-state index in [1.165, 1.54) is 18.4 Å². The highest BCUT2D eigenvalue weighted by atomic mass is 15.3. The first-order chi connectivity index (χ1) is 10.3. The summed E-state index contributed by atoms with van der Waals surface area (Å²) in [6.07, 6.45) is 6.27. The number of para-hydroxylation sites is 1. The van der Waals surface area contributed by atoms with Crippen LogP contribution in [0.15, 0.2) is 36.7 Å². The summed E-state index contributed by atoms with van der Waals surface area (Å²) in [6, 6.07) is 8.34. The molecule has 1 aliphatic rings. The van der Waals surface area contributed by atoms with Crippen LogP contribution in [0.1, 0.15) is 18.4 Å². The van der Waals surface area contributed by atoms with E-state index in [0.717, 1.165) is 41.2 Å². The van der Waals surface area contributed by atoms with Gasteiger partial charge in [0.2, 0.25) is 5.95 Å². The number of rotatable bonds is 2. The molecule has 4 heteroatoms. The Morgan fingerprint density at radius 1 is 1.10 bits per heavy atom. The average molecular weight is 278 g/mol. The van der Waals surface area contributed by atoms with Crippen molar-refractivity contribution in [1.82, 2.24) is 15.0 Å². The lowest BCUT2D eigenvalue weighted by Gasteiger charge is -2.12. The van der Waals surface area contributed by atoms with Crippen molar-refractivity contribution in [2.45, 2.75) is 19.8 Å². The molecule has 0 atom stereocenters. The van der Waals surface area contributed by atoms with Crippen molar-refractivity contribution in [1.29, 1.82) is 0 Å². The Kier molecular flexibility index (Phi) is 2.88. The number of aryl methyl sites for hydroxylation is 1. The molecule has 0 aliphatic carbocycles. The van der Waals surface area contributed by atoms with E-state index in [-0.39, 0.29) is 0 Å². The van der Waals surface area contributed by atoms with Crippen LogP contribution in [0.25, 0.3) is 22.2 Å². The third kappa shape index (κ3) is 2.07. The number of hydrogen-bond donors (Lipinski definition) is 1. The summed E-state index contributed by atoms with van der Waals surface area (Å²) >= 11 is 0. The van der Waals surface area contributed by atoms with Gasteiger partial charge in [-0.05, 0) is 37.5 Å². The zero-order valence-corrected chi connectivity index (χ0v) is 12.1. The average Bonchev–Trinajstić information content (AvgIpc) is 3.16. The van der Waals surface area contributed by atoms with Gasteiger partial charge in [0, 0.05) is 36.6 Å². The summed E-state index contributed by atoms with van der Waals surface area (Å²) in [6.45, 7) is 4.31. The fourth-order valence-electron chi connectivity index (χ4n) is 3.06. The van der Waals surface area contributed by atoms with Gasteiger partial charge in [-0.25, -0.2) is 4.98 Å². The van der Waals surface area contributed by atoms with Crippen molar-refractivity contribution >= 4 is 17.0 Å². The molecule has 21 heavy (non-hydrogen) atoms. The standard InChI is InChI=1S/C17H18N4/c1-12-7-8-18-11-14(12)13-5-4-6-15-16(13)20-17(19-15)21-9-2-3-10-21/h4-8,11H,2-3,9-10H2,1H3,(H,19,20). The van der Waals surface area contributed by atoms with E-state index < -0.39 is 0 Å². The van der Waals surface area contributed by atoms with Crippen molar-refractivity contribution in [3.63, 3.8) is 0 Å². The Morgan fingerprint density at radius 3 is 2.76 bits per heavy atom. The molecule has 0 amide bonds. The minimum atomic E-state index is 0.997. The molecule has 3 heterocycles. The van der Waals surface area contributed by atoms with Gasteiger partial charge in [0.05, 0.1) is 11.0 Å². The van der Waals surface area contributed by atoms with Crippen molar-refractivity contribution in [2.24, 2.45) is 0 Å². The van der Waals surface area contributed by atoms with Gasteiger partial charge in [0.15, 0.2) is 0 Å². The predicted octanol–water partition coefficient (Wildman–Crippen LogP) is 3.53. The van der Waals surface area contributed by atoms with Crippen LogP contribution < -0.4 is 4.90 Å². The molecule has 2 aromatic heterocycles. The number of nitrogens with one attached hydrogen (secondary N) is 1. The highest BCUT2D eigenvalue weighted by Crippen LogP contribution is 2.31. The lowest BCUT2D eigenvalue weighted by Crippen LogP contribution is -2.18. The first kappa shape index (κ1) is 12.4. The maximum atomic E-state index is 4.85. The van der Waals surface area contributed by atoms with Gasteiger partial charge in [-0.1, -0.05) is 12.1 Å². The van der Waals surface area contributed by atoms with Crippen molar-refractivity contribution in [3.05, 3.63) is 42.2 Å². The van der Waals surface area contributed by atoms with Gasteiger partial charge in [-0.2, -0.15) is 0 Å². The SMILES string of the molecule is Cc1ccncc1-c1cccc2[nH]c(N3CCCC3)nc12. The van der Waals surface area contributed by atoms with E-state index in [4.69, 9.17) is 4.98 Å². The molecular weight excluding hydrogens is 260 g/mol. The Hall–Kier alpha value is -2.36. The molecule has 3 aromatic rings. The van der Waals surface area contributed by atoms with Crippen LogP contribution in [0.3, 0.4) is 0 Å². The Morgan fingerprint density at radius 2 is 1.95 bits per heavy atom. The molecule has 1 N–H and O–H groups in total. The molecule has 0 unspecified atom stereocenters. The summed E-state index contributed by atoms with van der Waals surface area (Å²) in [5.74, 6) is 0.997. The summed E-state index contributed by atoms with van der Waals surface area (Å²) < 4.78 is 0. The maximum absolute atomic E-state index is 4.85. The van der Waals surface area contributed by atoms with Crippen LogP contribution >= 0.6 is 0 Å². The van der Waals surface area contributed by atoms with Gasteiger partial charge in [0.25, 0.3) is 0 Å². The monoisotopic (exact) mass is 278 g/mol. The summed E-state index contributed by atoms with van der Waals surface area (Å²) in [7, 11) is 0. The normalized spacial score (nSPS) is 15.0. The zero-order chi connectivity index (χ0) is 14.2. The highest BCUT2D eigenvalue weighted by molar-refractivity contribution is 5.93. The van der Waals surface area contributed by atoms with Gasteiger partial charge < -0.3 is 9.88 Å². The number of nitrogens with zero attached hydrogens (tertiary/aromatic N) is 3. The van der Waals surface area contributed by atoms with Crippen LogP contribution in [0, 0.1) is 6.92 Å². The molecule has 1 aromatic carbocycles. The highest BCUT2D eigenvalue weighted by Gasteiger charge is 2.17. The molecule has 0 spiro atoms. The van der Waals surface area contributed by atoms with Gasteiger partial charge in [0.1, 0.15) is 0 Å². The molecule has 1 aliphatic heterocycles. The topological polar surface area (TPSA) is 44.8 Å². The zero-order valence-electron chi connectivity index (χ0n) is 12.1. The molecule has 106 valence electrons. The lowest BCUT2D eigenvalue weighted by atomic mass is 10.0. The fourth-order valence-corrected chi connectivity index (χ4v) is 3.06. The number of aromatic amines is 1. The Bertz CT molecular complexity index is 784. The molecule has 0 bridgehead atoms. The number of pyridine rings is 1. The van der Waals surface area contributed by atoms with E-state index in [9.17, 15) is 0 Å². The first-order valence-corrected chi connectivity index (χ1v) is 7.47. The van der Waals surface area contributed by atoms with Gasteiger partial charge in [-0.3, -0.25) is 4.98 Å². The van der Waals surface area contributed by atoms with Crippen LogP contribution in [0.5, 0.6) is 0 Å². The van der Waals surface area contributed by atoms with Gasteiger partial charge in [-0.15, -0.1) is 0 Å². The number of imidazole rings is 1. The fraction of sp³-hybridized carbons (Fsp3) is 0.294. The summed E-state index contributed by atoms with van der Waals surface area (Å²) in [5.41, 5.74) is 5.67. The smallest absolute Gasteiger partial charge is 0.203 e.